The Labute approximate surface area is 93.7 Å². The van der Waals surface area contributed by atoms with Crippen molar-refractivity contribution in [3.05, 3.63) is 30.3 Å². The SMILES string of the molecule is CCOc1nc2ccccc2cc1B(O)O. The molecule has 2 aromatic rings. The van der Waals surface area contributed by atoms with E-state index < -0.39 is 7.12 Å². The summed E-state index contributed by atoms with van der Waals surface area (Å²) in [6, 6.07) is 9.14. The molecule has 0 aliphatic rings. The first-order chi connectivity index (χ1) is 7.72. The molecule has 4 nitrogen and oxygen atoms in total. The van der Waals surface area contributed by atoms with Crippen molar-refractivity contribution in [2.75, 3.05) is 6.61 Å². The Kier molecular flexibility index (Phi) is 3.08. The summed E-state index contributed by atoms with van der Waals surface area (Å²) in [5, 5.41) is 19.3. The van der Waals surface area contributed by atoms with E-state index in [1.165, 1.54) is 0 Å². The van der Waals surface area contributed by atoms with Gasteiger partial charge < -0.3 is 14.8 Å². The Hall–Kier alpha value is -1.59. The second kappa shape index (κ2) is 4.51. The van der Waals surface area contributed by atoms with Crippen LogP contribution >= 0.6 is 0 Å². The van der Waals surface area contributed by atoms with Crippen molar-refractivity contribution < 1.29 is 14.8 Å². The highest BCUT2D eigenvalue weighted by Gasteiger charge is 2.19. The fourth-order valence-electron chi connectivity index (χ4n) is 1.55. The van der Waals surface area contributed by atoms with Crippen molar-refractivity contribution in [1.29, 1.82) is 0 Å². The van der Waals surface area contributed by atoms with E-state index in [2.05, 4.69) is 4.98 Å². The second-order valence-electron chi connectivity index (χ2n) is 3.38. The number of fused-ring (bicyclic) bond motifs is 1. The van der Waals surface area contributed by atoms with Crippen molar-refractivity contribution in [1.82, 2.24) is 4.98 Å². The molecule has 0 bridgehead atoms. The monoisotopic (exact) mass is 217 g/mol. The summed E-state index contributed by atoms with van der Waals surface area (Å²) in [5.74, 6) is 0.274. The second-order valence-corrected chi connectivity index (χ2v) is 3.38. The van der Waals surface area contributed by atoms with Gasteiger partial charge in [0.15, 0.2) is 0 Å². The molecule has 5 heteroatoms. The van der Waals surface area contributed by atoms with Crippen LogP contribution in [0.25, 0.3) is 10.9 Å². The Bertz CT molecular complexity index is 502. The third-order valence-corrected chi connectivity index (χ3v) is 2.28. The largest absolute Gasteiger partial charge is 0.494 e. The fourth-order valence-corrected chi connectivity index (χ4v) is 1.55. The van der Waals surface area contributed by atoms with Crippen molar-refractivity contribution in [3.63, 3.8) is 0 Å². The molecule has 82 valence electrons. The topological polar surface area (TPSA) is 62.6 Å². The maximum Gasteiger partial charge on any atom is 0.494 e. The number of benzene rings is 1. The zero-order valence-corrected chi connectivity index (χ0v) is 8.92. The van der Waals surface area contributed by atoms with Crippen LogP contribution in [-0.4, -0.2) is 28.8 Å². The molecule has 1 aromatic heterocycles. The minimum atomic E-state index is -1.57. The number of rotatable bonds is 3. The van der Waals surface area contributed by atoms with Gasteiger partial charge in [-0.3, -0.25) is 0 Å². The molecule has 0 radical (unpaired) electrons. The van der Waals surface area contributed by atoms with Crippen LogP contribution in [-0.2, 0) is 0 Å². The highest BCUT2D eigenvalue weighted by molar-refractivity contribution is 6.59. The van der Waals surface area contributed by atoms with Crippen LogP contribution in [0.15, 0.2) is 30.3 Å². The molecule has 2 rings (SSSR count). The molecule has 0 spiro atoms. The van der Waals surface area contributed by atoms with Gasteiger partial charge in [-0.25, -0.2) is 4.98 Å². The Morgan fingerprint density at radius 3 is 2.75 bits per heavy atom. The van der Waals surface area contributed by atoms with E-state index >= 15 is 0 Å². The van der Waals surface area contributed by atoms with Gasteiger partial charge in [0.2, 0.25) is 5.88 Å². The van der Waals surface area contributed by atoms with Crippen LogP contribution < -0.4 is 10.2 Å². The predicted molar refractivity (Wildman–Crippen MR) is 62.7 cm³/mol. The standard InChI is InChI=1S/C11H12BNO3/c1-2-16-11-9(12(14)15)7-8-5-3-4-6-10(8)13-11/h3-7,14-15H,2H2,1H3. The number of pyridine rings is 1. The summed E-state index contributed by atoms with van der Waals surface area (Å²) < 4.78 is 5.28. The number of hydrogen-bond acceptors (Lipinski definition) is 4. The van der Waals surface area contributed by atoms with Gasteiger partial charge in [-0.1, -0.05) is 18.2 Å². The van der Waals surface area contributed by atoms with E-state index in [1.807, 2.05) is 31.2 Å². The first-order valence-electron chi connectivity index (χ1n) is 5.11. The first kappa shape index (κ1) is 10.9. The molecule has 0 saturated carbocycles. The van der Waals surface area contributed by atoms with Gasteiger partial charge in [0, 0.05) is 10.8 Å². The molecule has 2 N–H and O–H groups in total. The molecule has 0 fully saturated rings. The molecule has 0 amide bonds. The lowest BCUT2D eigenvalue weighted by molar-refractivity contribution is 0.328. The van der Waals surface area contributed by atoms with Gasteiger partial charge >= 0.3 is 7.12 Å². The summed E-state index contributed by atoms with van der Waals surface area (Å²) >= 11 is 0. The number of ether oxygens (including phenoxy) is 1. The van der Waals surface area contributed by atoms with Crippen molar-refractivity contribution in [2.45, 2.75) is 6.92 Å². The minimum absolute atomic E-state index is 0.274. The maximum atomic E-state index is 9.23. The summed E-state index contributed by atoms with van der Waals surface area (Å²) in [6.45, 7) is 2.26. The van der Waals surface area contributed by atoms with Gasteiger partial charge in [-0.2, -0.15) is 0 Å². The zero-order chi connectivity index (χ0) is 11.5. The lowest BCUT2D eigenvalue weighted by Gasteiger charge is -2.09. The maximum absolute atomic E-state index is 9.23. The van der Waals surface area contributed by atoms with Crippen molar-refractivity contribution in [2.24, 2.45) is 0 Å². The van der Waals surface area contributed by atoms with E-state index in [9.17, 15) is 10.0 Å². The minimum Gasteiger partial charge on any atom is -0.478 e. The molecule has 16 heavy (non-hydrogen) atoms. The fraction of sp³-hybridized carbons (Fsp3) is 0.182. The van der Waals surface area contributed by atoms with E-state index in [-0.39, 0.29) is 5.88 Å². The van der Waals surface area contributed by atoms with Crippen LogP contribution in [0.4, 0.5) is 0 Å². The first-order valence-corrected chi connectivity index (χ1v) is 5.11. The molecule has 1 heterocycles. The Morgan fingerprint density at radius 2 is 2.06 bits per heavy atom. The van der Waals surface area contributed by atoms with Crippen molar-refractivity contribution >= 4 is 23.5 Å². The van der Waals surface area contributed by atoms with E-state index in [1.54, 1.807) is 6.07 Å². The molecular formula is C11H12BNO3. The highest BCUT2D eigenvalue weighted by Crippen LogP contribution is 2.14. The lowest BCUT2D eigenvalue weighted by Crippen LogP contribution is -2.32. The number of para-hydroxylation sites is 1. The van der Waals surface area contributed by atoms with Crippen LogP contribution in [0.5, 0.6) is 5.88 Å². The third kappa shape index (κ3) is 2.00. The normalized spacial score (nSPS) is 10.4. The number of nitrogens with zero attached hydrogens (tertiary/aromatic N) is 1. The van der Waals surface area contributed by atoms with Crippen LogP contribution in [0.3, 0.4) is 0 Å². The molecule has 0 saturated heterocycles. The lowest BCUT2D eigenvalue weighted by atomic mass is 9.80. The predicted octanol–water partition coefficient (Wildman–Crippen LogP) is 0.313. The summed E-state index contributed by atoms with van der Waals surface area (Å²) in [4.78, 5) is 4.24. The molecule has 1 aromatic carbocycles. The summed E-state index contributed by atoms with van der Waals surface area (Å²) in [7, 11) is -1.57. The smallest absolute Gasteiger partial charge is 0.478 e. The van der Waals surface area contributed by atoms with Gasteiger partial charge in [0.25, 0.3) is 0 Å². The molecule has 0 atom stereocenters. The van der Waals surface area contributed by atoms with E-state index in [0.717, 1.165) is 10.9 Å². The van der Waals surface area contributed by atoms with Gasteiger partial charge in [-0.15, -0.1) is 0 Å². The van der Waals surface area contributed by atoms with Crippen LogP contribution in [0.1, 0.15) is 6.92 Å². The van der Waals surface area contributed by atoms with Crippen molar-refractivity contribution in [3.8, 4) is 5.88 Å². The summed E-state index contributed by atoms with van der Waals surface area (Å²) in [5.41, 5.74) is 1.07. The van der Waals surface area contributed by atoms with Gasteiger partial charge in [-0.05, 0) is 19.1 Å². The molecular weight excluding hydrogens is 205 g/mol. The number of aromatic nitrogens is 1. The highest BCUT2D eigenvalue weighted by atomic mass is 16.5. The molecule has 0 aliphatic heterocycles. The Balaban J connectivity index is 2.61. The Morgan fingerprint density at radius 1 is 1.31 bits per heavy atom. The zero-order valence-electron chi connectivity index (χ0n) is 8.92. The molecule has 0 aliphatic carbocycles. The summed E-state index contributed by atoms with van der Waals surface area (Å²) in [6.07, 6.45) is 0. The van der Waals surface area contributed by atoms with E-state index in [4.69, 9.17) is 4.74 Å². The third-order valence-electron chi connectivity index (χ3n) is 2.28. The molecule has 0 unspecified atom stereocenters. The quantitative estimate of drug-likeness (QED) is 0.726. The van der Waals surface area contributed by atoms with Gasteiger partial charge in [0.1, 0.15) is 0 Å². The average molecular weight is 217 g/mol. The number of hydrogen-bond donors (Lipinski definition) is 2. The average Bonchev–Trinajstić information content (AvgIpc) is 2.28. The van der Waals surface area contributed by atoms with Crippen LogP contribution in [0.2, 0.25) is 0 Å². The van der Waals surface area contributed by atoms with Crippen LogP contribution in [0, 0.1) is 0 Å². The van der Waals surface area contributed by atoms with E-state index in [0.29, 0.717) is 12.1 Å². The van der Waals surface area contributed by atoms with Gasteiger partial charge in [0.05, 0.1) is 12.1 Å².